The maximum absolute atomic E-state index is 14.3. The Morgan fingerprint density at radius 2 is 2.00 bits per heavy atom. The number of thiocarbonyl (C=S) groups is 1. The Bertz CT molecular complexity index is 651. The Morgan fingerprint density at radius 3 is 2.62 bits per heavy atom. The van der Waals surface area contributed by atoms with Gasteiger partial charge in [0.2, 0.25) is 0 Å². The molecule has 0 atom stereocenters. The van der Waals surface area contributed by atoms with Crippen LogP contribution in [0.15, 0.2) is 17.8 Å². The fourth-order valence-corrected chi connectivity index (χ4v) is 2.88. The number of nitrogens with zero attached hydrogens (tertiary/aromatic N) is 1. The molecule has 110 valence electrons. The van der Waals surface area contributed by atoms with Gasteiger partial charge in [0, 0.05) is 13.1 Å². The lowest BCUT2D eigenvalue weighted by atomic mass is 10.1. The van der Waals surface area contributed by atoms with Gasteiger partial charge in [-0.15, -0.1) is 0 Å². The third kappa shape index (κ3) is 2.76. The summed E-state index contributed by atoms with van der Waals surface area (Å²) in [6, 6.07) is 3.32. The number of rotatable bonds is 2. The molecule has 21 heavy (non-hydrogen) atoms. The predicted molar refractivity (Wildman–Crippen MR) is 84.4 cm³/mol. The van der Waals surface area contributed by atoms with Crippen molar-refractivity contribution >= 4 is 35.0 Å². The number of nitrogens with one attached hydrogen (secondary N) is 2. The van der Waals surface area contributed by atoms with Gasteiger partial charge in [-0.25, -0.2) is 4.39 Å². The van der Waals surface area contributed by atoms with Gasteiger partial charge < -0.3 is 10.2 Å². The van der Waals surface area contributed by atoms with Crippen LogP contribution in [0.3, 0.4) is 0 Å². The molecule has 0 spiro atoms. The van der Waals surface area contributed by atoms with E-state index in [2.05, 4.69) is 15.5 Å². The number of benzene rings is 1. The normalized spacial score (nSPS) is 20.1. The molecular formula is C15H16FN3OS. The van der Waals surface area contributed by atoms with E-state index in [1.807, 2.05) is 13.0 Å². The monoisotopic (exact) mass is 305 g/mol. The Balaban J connectivity index is 1.94. The van der Waals surface area contributed by atoms with Crippen LogP contribution in [0.4, 0.5) is 10.1 Å². The maximum atomic E-state index is 14.3. The highest BCUT2D eigenvalue weighted by molar-refractivity contribution is 7.80. The van der Waals surface area contributed by atoms with Crippen molar-refractivity contribution in [3.05, 3.63) is 34.8 Å². The SMILES string of the molecule is Cc1cc(N2CCCC2)c(F)cc1C=C1NC(=S)NC1=O. The highest BCUT2D eigenvalue weighted by atomic mass is 32.1. The molecule has 0 aromatic heterocycles. The molecule has 2 fully saturated rings. The van der Waals surface area contributed by atoms with Crippen molar-refractivity contribution in [2.75, 3.05) is 18.0 Å². The van der Waals surface area contributed by atoms with Crippen LogP contribution in [-0.2, 0) is 4.79 Å². The van der Waals surface area contributed by atoms with Crippen LogP contribution in [0.1, 0.15) is 24.0 Å². The van der Waals surface area contributed by atoms with Crippen molar-refractivity contribution in [2.24, 2.45) is 0 Å². The quantitative estimate of drug-likeness (QED) is 0.649. The minimum atomic E-state index is -0.288. The number of carbonyl (C=O) groups excluding carboxylic acids is 1. The number of aryl methyl sites for hydroxylation is 1. The minimum Gasteiger partial charge on any atom is -0.369 e. The van der Waals surface area contributed by atoms with E-state index in [1.165, 1.54) is 6.07 Å². The topological polar surface area (TPSA) is 44.4 Å². The highest BCUT2D eigenvalue weighted by Gasteiger charge is 2.21. The summed E-state index contributed by atoms with van der Waals surface area (Å²) in [5.41, 5.74) is 2.60. The number of halogens is 1. The van der Waals surface area contributed by atoms with Gasteiger partial charge in [-0.2, -0.15) is 0 Å². The minimum absolute atomic E-state index is 0.254. The Hall–Kier alpha value is -1.95. The number of carbonyl (C=O) groups is 1. The van der Waals surface area contributed by atoms with Crippen LogP contribution < -0.4 is 15.5 Å². The lowest BCUT2D eigenvalue weighted by Crippen LogP contribution is -2.21. The summed E-state index contributed by atoms with van der Waals surface area (Å²) in [5, 5.41) is 5.53. The van der Waals surface area contributed by atoms with Gasteiger partial charge in [-0.05, 0) is 61.3 Å². The summed E-state index contributed by atoms with van der Waals surface area (Å²) in [5.74, 6) is -0.543. The zero-order chi connectivity index (χ0) is 15.0. The molecule has 3 rings (SSSR count). The van der Waals surface area contributed by atoms with Crippen LogP contribution in [0, 0.1) is 12.7 Å². The first-order chi connectivity index (χ1) is 10.0. The smallest absolute Gasteiger partial charge is 0.273 e. The largest absolute Gasteiger partial charge is 0.369 e. The summed E-state index contributed by atoms with van der Waals surface area (Å²) < 4.78 is 14.3. The van der Waals surface area contributed by atoms with E-state index in [4.69, 9.17) is 12.2 Å². The first-order valence-electron chi connectivity index (χ1n) is 6.94. The predicted octanol–water partition coefficient (Wildman–Crippen LogP) is 2.08. The molecule has 6 heteroatoms. The van der Waals surface area contributed by atoms with E-state index in [9.17, 15) is 9.18 Å². The number of hydrogen-bond acceptors (Lipinski definition) is 3. The first kappa shape index (κ1) is 14.0. The van der Waals surface area contributed by atoms with Crippen molar-refractivity contribution in [3.8, 4) is 0 Å². The van der Waals surface area contributed by atoms with Crippen LogP contribution >= 0.6 is 12.2 Å². The summed E-state index contributed by atoms with van der Waals surface area (Å²) >= 11 is 4.88. The van der Waals surface area contributed by atoms with Crippen molar-refractivity contribution in [1.82, 2.24) is 10.6 Å². The molecule has 2 heterocycles. The second kappa shape index (κ2) is 5.44. The standard InChI is InChI=1S/C15H16FN3OS/c1-9-6-13(19-4-2-3-5-19)11(16)7-10(9)8-12-14(20)18-15(21)17-12/h6-8H,2-5H2,1H3,(H2,17,18,20,21). The van der Waals surface area contributed by atoms with Gasteiger partial charge in [0.15, 0.2) is 5.11 Å². The van der Waals surface area contributed by atoms with E-state index in [0.717, 1.165) is 31.5 Å². The van der Waals surface area contributed by atoms with E-state index >= 15 is 0 Å². The second-order valence-corrected chi connectivity index (χ2v) is 5.73. The molecule has 1 aromatic rings. The zero-order valence-corrected chi connectivity index (χ0v) is 12.5. The Kier molecular flexibility index (Phi) is 3.63. The summed E-state index contributed by atoms with van der Waals surface area (Å²) in [6.07, 6.45) is 3.83. The molecule has 1 aromatic carbocycles. The van der Waals surface area contributed by atoms with E-state index in [-0.39, 0.29) is 16.8 Å². The molecule has 2 saturated heterocycles. The molecule has 0 bridgehead atoms. The molecule has 2 aliphatic heterocycles. The Labute approximate surface area is 128 Å². The molecule has 2 aliphatic rings. The van der Waals surface area contributed by atoms with Gasteiger partial charge in [-0.1, -0.05) is 0 Å². The highest BCUT2D eigenvalue weighted by Crippen LogP contribution is 2.27. The zero-order valence-electron chi connectivity index (χ0n) is 11.7. The van der Waals surface area contributed by atoms with Crippen molar-refractivity contribution in [2.45, 2.75) is 19.8 Å². The third-order valence-corrected chi connectivity index (χ3v) is 4.01. The number of amides is 1. The molecule has 0 saturated carbocycles. The van der Waals surface area contributed by atoms with Crippen LogP contribution in [-0.4, -0.2) is 24.1 Å². The summed E-state index contributed by atoms with van der Waals surface area (Å²) in [7, 11) is 0. The lowest BCUT2D eigenvalue weighted by molar-refractivity contribution is -0.115. The fourth-order valence-electron chi connectivity index (χ4n) is 2.68. The summed E-state index contributed by atoms with van der Waals surface area (Å²) in [4.78, 5) is 13.7. The molecule has 0 radical (unpaired) electrons. The van der Waals surface area contributed by atoms with Crippen molar-refractivity contribution in [3.63, 3.8) is 0 Å². The molecule has 4 nitrogen and oxygen atoms in total. The van der Waals surface area contributed by atoms with E-state index in [0.29, 0.717) is 16.9 Å². The number of hydrogen-bond donors (Lipinski definition) is 2. The van der Waals surface area contributed by atoms with Gasteiger partial charge >= 0.3 is 0 Å². The van der Waals surface area contributed by atoms with Crippen LogP contribution in [0.5, 0.6) is 0 Å². The summed E-state index contributed by atoms with van der Waals surface area (Å²) in [6.45, 7) is 3.71. The van der Waals surface area contributed by atoms with Gasteiger partial charge in [0.05, 0.1) is 5.69 Å². The molecule has 2 N–H and O–H groups in total. The number of anilines is 1. The second-order valence-electron chi connectivity index (χ2n) is 5.32. The lowest BCUT2D eigenvalue weighted by Gasteiger charge is -2.19. The Morgan fingerprint density at radius 1 is 1.29 bits per heavy atom. The van der Waals surface area contributed by atoms with Crippen molar-refractivity contribution in [1.29, 1.82) is 0 Å². The molecular weight excluding hydrogens is 289 g/mol. The molecule has 0 unspecified atom stereocenters. The maximum Gasteiger partial charge on any atom is 0.273 e. The van der Waals surface area contributed by atoms with E-state index < -0.39 is 0 Å². The molecule has 1 amide bonds. The average molecular weight is 305 g/mol. The first-order valence-corrected chi connectivity index (χ1v) is 7.34. The fraction of sp³-hybridized carbons (Fsp3) is 0.333. The molecule has 0 aliphatic carbocycles. The van der Waals surface area contributed by atoms with E-state index in [1.54, 1.807) is 6.08 Å². The third-order valence-electron chi connectivity index (χ3n) is 3.80. The van der Waals surface area contributed by atoms with Crippen molar-refractivity contribution < 1.29 is 9.18 Å². The van der Waals surface area contributed by atoms with Gasteiger partial charge in [0.1, 0.15) is 11.5 Å². The van der Waals surface area contributed by atoms with Gasteiger partial charge in [0.25, 0.3) is 5.91 Å². The average Bonchev–Trinajstić information content (AvgIpc) is 3.04. The van der Waals surface area contributed by atoms with Gasteiger partial charge in [-0.3, -0.25) is 10.1 Å². The van der Waals surface area contributed by atoms with Crippen LogP contribution in [0.2, 0.25) is 0 Å². The van der Waals surface area contributed by atoms with Crippen LogP contribution in [0.25, 0.3) is 6.08 Å².